The zero-order valence-corrected chi connectivity index (χ0v) is 11.9. The highest BCUT2D eigenvalue weighted by molar-refractivity contribution is 5.40. The maximum absolute atomic E-state index is 5.43. The number of hydrogen-bond donors (Lipinski definition) is 1. The van der Waals surface area contributed by atoms with Gasteiger partial charge in [0.2, 0.25) is 5.88 Å². The maximum atomic E-state index is 5.43. The van der Waals surface area contributed by atoms with Gasteiger partial charge in [0.05, 0.1) is 6.61 Å². The van der Waals surface area contributed by atoms with Crippen LogP contribution in [0.25, 0.3) is 0 Å². The lowest BCUT2D eigenvalue weighted by Crippen LogP contribution is -2.35. The smallest absolute Gasteiger partial charge is 0.215 e. The van der Waals surface area contributed by atoms with Gasteiger partial charge in [0.25, 0.3) is 0 Å². The van der Waals surface area contributed by atoms with E-state index in [9.17, 15) is 0 Å². The molecule has 0 aliphatic carbocycles. The SMILES string of the molecule is CCOc1cccc(N(CC)CCNC(C)C)n1. The third-order valence-corrected chi connectivity index (χ3v) is 2.64. The molecule has 18 heavy (non-hydrogen) atoms. The number of likely N-dealkylation sites (N-methyl/N-ethyl adjacent to an activating group) is 1. The molecule has 1 rings (SSSR count). The summed E-state index contributed by atoms with van der Waals surface area (Å²) in [7, 11) is 0. The molecular weight excluding hydrogens is 226 g/mol. The molecule has 1 N–H and O–H groups in total. The van der Waals surface area contributed by atoms with Crippen molar-refractivity contribution < 1.29 is 4.74 Å². The second-order valence-electron chi connectivity index (χ2n) is 4.46. The third kappa shape index (κ3) is 4.92. The maximum Gasteiger partial charge on any atom is 0.215 e. The summed E-state index contributed by atoms with van der Waals surface area (Å²) in [6.07, 6.45) is 0. The van der Waals surface area contributed by atoms with Crippen LogP contribution in [0.3, 0.4) is 0 Å². The van der Waals surface area contributed by atoms with Crippen molar-refractivity contribution >= 4 is 5.82 Å². The van der Waals surface area contributed by atoms with Crippen LogP contribution >= 0.6 is 0 Å². The fourth-order valence-corrected chi connectivity index (χ4v) is 1.73. The van der Waals surface area contributed by atoms with E-state index in [2.05, 4.69) is 36.0 Å². The second kappa shape index (κ2) is 7.93. The van der Waals surface area contributed by atoms with E-state index in [4.69, 9.17) is 4.74 Å². The van der Waals surface area contributed by atoms with Crippen LogP contribution in [-0.2, 0) is 0 Å². The van der Waals surface area contributed by atoms with E-state index in [0.717, 1.165) is 25.5 Å². The topological polar surface area (TPSA) is 37.4 Å². The van der Waals surface area contributed by atoms with Crippen LogP contribution in [0.5, 0.6) is 5.88 Å². The van der Waals surface area contributed by atoms with Gasteiger partial charge < -0.3 is 15.0 Å². The molecule has 0 radical (unpaired) electrons. The molecule has 102 valence electrons. The second-order valence-corrected chi connectivity index (χ2v) is 4.46. The summed E-state index contributed by atoms with van der Waals surface area (Å²) < 4.78 is 5.43. The van der Waals surface area contributed by atoms with Gasteiger partial charge in [-0.15, -0.1) is 0 Å². The number of nitrogens with one attached hydrogen (secondary N) is 1. The van der Waals surface area contributed by atoms with Crippen molar-refractivity contribution in [2.75, 3.05) is 31.1 Å². The van der Waals surface area contributed by atoms with Gasteiger partial charge in [0.1, 0.15) is 5.82 Å². The number of ether oxygens (including phenoxy) is 1. The Labute approximate surface area is 110 Å². The van der Waals surface area contributed by atoms with Gasteiger partial charge in [0.15, 0.2) is 0 Å². The zero-order valence-electron chi connectivity index (χ0n) is 11.9. The van der Waals surface area contributed by atoms with E-state index in [1.54, 1.807) is 0 Å². The molecule has 0 unspecified atom stereocenters. The molecule has 0 aliphatic rings. The zero-order chi connectivity index (χ0) is 13.4. The quantitative estimate of drug-likeness (QED) is 0.769. The summed E-state index contributed by atoms with van der Waals surface area (Å²) in [5.41, 5.74) is 0. The van der Waals surface area contributed by atoms with Crippen molar-refractivity contribution in [2.24, 2.45) is 0 Å². The van der Waals surface area contributed by atoms with Gasteiger partial charge >= 0.3 is 0 Å². The molecule has 0 saturated carbocycles. The van der Waals surface area contributed by atoms with Gasteiger partial charge in [-0.2, -0.15) is 4.98 Å². The molecule has 0 amide bonds. The van der Waals surface area contributed by atoms with Gasteiger partial charge in [0, 0.05) is 31.7 Å². The Morgan fingerprint density at radius 1 is 1.33 bits per heavy atom. The Morgan fingerprint density at radius 2 is 2.11 bits per heavy atom. The monoisotopic (exact) mass is 251 g/mol. The lowest BCUT2D eigenvalue weighted by atomic mass is 10.3. The number of rotatable bonds is 8. The van der Waals surface area contributed by atoms with Crippen molar-refractivity contribution in [3.8, 4) is 5.88 Å². The number of hydrogen-bond acceptors (Lipinski definition) is 4. The van der Waals surface area contributed by atoms with Crippen molar-refractivity contribution in [3.05, 3.63) is 18.2 Å². The van der Waals surface area contributed by atoms with Crippen LogP contribution in [0.2, 0.25) is 0 Å². The van der Waals surface area contributed by atoms with E-state index in [1.165, 1.54) is 0 Å². The number of nitrogens with zero attached hydrogens (tertiary/aromatic N) is 2. The Balaban J connectivity index is 2.60. The van der Waals surface area contributed by atoms with Crippen molar-refractivity contribution in [2.45, 2.75) is 33.7 Å². The van der Waals surface area contributed by atoms with Crippen LogP contribution in [-0.4, -0.2) is 37.3 Å². The fraction of sp³-hybridized carbons (Fsp3) is 0.643. The highest BCUT2D eigenvalue weighted by Gasteiger charge is 2.06. The lowest BCUT2D eigenvalue weighted by Gasteiger charge is -2.23. The minimum Gasteiger partial charge on any atom is -0.478 e. The molecule has 0 atom stereocenters. The molecular formula is C14H25N3O. The first kappa shape index (κ1) is 14.8. The predicted octanol–water partition coefficient (Wildman–Crippen LogP) is 2.30. The summed E-state index contributed by atoms with van der Waals surface area (Å²) >= 11 is 0. The van der Waals surface area contributed by atoms with Crippen LogP contribution in [0.4, 0.5) is 5.82 Å². The van der Waals surface area contributed by atoms with Crippen LogP contribution in [0.1, 0.15) is 27.7 Å². The Hall–Kier alpha value is -1.29. The third-order valence-electron chi connectivity index (χ3n) is 2.64. The standard InChI is InChI=1S/C14H25N3O/c1-5-17(11-10-15-12(3)4)13-8-7-9-14(16-13)18-6-2/h7-9,12,15H,5-6,10-11H2,1-4H3. The molecule has 0 saturated heterocycles. The lowest BCUT2D eigenvalue weighted by molar-refractivity contribution is 0.327. The average molecular weight is 251 g/mol. The fourth-order valence-electron chi connectivity index (χ4n) is 1.73. The Bertz CT molecular complexity index is 342. The summed E-state index contributed by atoms with van der Waals surface area (Å²) in [4.78, 5) is 6.76. The van der Waals surface area contributed by atoms with Gasteiger partial charge in [-0.05, 0) is 19.9 Å². The molecule has 0 aromatic carbocycles. The summed E-state index contributed by atoms with van der Waals surface area (Å²) in [6, 6.07) is 6.44. The van der Waals surface area contributed by atoms with Crippen LogP contribution < -0.4 is 15.0 Å². The molecule has 4 nitrogen and oxygen atoms in total. The van der Waals surface area contributed by atoms with Gasteiger partial charge in [-0.3, -0.25) is 0 Å². The van der Waals surface area contributed by atoms with E-state index < -0.39 is 0 Å². The van der Waals surface area contributed by atoms with Crippen LogP contribution in [0, 0.1) is 0 Å². The first-order valence-corrected chi connectivity index (χ1v) is 6.75. The van der Waals surface area contributed by atoms with Gasteiger partial charge in [-0.1, -0.05) is 19.9 Å². The van der Waals surface area contributed by atoms with E-state index in [1.807, 2.05) is 25.1 Å². The average Bonchev–Trinajstić information content (AvgIpc) is 2.35. The molecule has 0 spiro atoms. The molecule has 0 bridgehead atoms. The van der Waals surface area contributed by atoms with E-state index >= 15 is 0 Å². The number of aromatic nitrogens is 1. The first-order chi connectivity index (χ1) is 8.67. The van der Waals surface area contributed by atoms with Crippen molar-refractivity contribution in [3.63, 3.8) is 0 Å². The minimum absolute atomic E-state index is 0.520. The molecule has 1 heterocycles. The number of pyridine rings is 1. The van der Waals surface area contributed by atoms with E-state index in [0.29, 0.717) is 18.5 Å². The Morgan fingerprint density at radius 3 is 2.72 bits per heavy atom. The first-order valence-electron chi connectivity index (χ1n) is 6.75. The van der Waals surface area contributed by atoms with Crippen molar-refractivity contribution in [1.29, 1.82) is 0 Å². The van der Waals surface area contributed by atoms with Crippen LogP contribution in [0.15, 0.2) is 18.2 Å². The summed E-state index contributed by atoms with van der Waals surface area (Å²) in [6.45, 7) is 11.9. The normalized spacial score (nSPS) is 10.7. The molecule has 4 heteroatoms. The Kier molecular flexibility index (Phi) is 6.50. The molecule has 0 fully saturated rings. The molecule has 1 aromatic rings. The minimum atomic E-state index is 0.520. The highest BCUT2D eigenvalue weighted by atomic mass is 16.5. The highest BCUT2D eigenvalue weighted by Crippen LogP contribution is 2.15. The number of anilines is 1. The summed E-state index contributed by atoms with van der Waals surface area (Å²) in [5.74, 6) is 1.68. The summed E-state index contributed by atoms with van der Waals surface area (Å²) in [5, 5.41) is 3.42. The van der Waals surface area contributed by atoms with Crippen molar-refractivity contribution in [1.82, 2.24) is 10.3 Å². The van der Waals surface area contributed by atoms with E-state index in [-0.39, 0.29) is 0 Å². The predicted molar refractivity (Wildman–Crippen MR) is 76.4 cm³/mol. The molecule has 0 aliphatic heterocycles. The molecule has 1 aromatic heterocycles. The van der Waals surface area contributed by atoms with Gasteiger partial charge in [-0.25, -0.2) is 0 Å². The largest absolute Gasteiger partial charge is 0.478 e.